The van der Waals surface area contributed by atoms with Gasteiger partial charge in [-0.3, -0.25) is 4.79 Å². The second-order valence-corrected chi connectivity index (χ2v) is 7.36. The molecule has 2 aliphatic rings. The van der Waals surface area contributed by atoms with Gasteiger partial charge in [0.1, 0.15) is 5.82 Å². The Morgan fingerprint density at radius 1 is 1.23 bits per heavy atom. The number of hydrogen-bond donors (Lipinski definition) is 1. The first kappa shape index (κ1) is 17.2. The van der Waals surface area contributed by atoms with E-state index < -0.39 is 0 Å². The Kier molecular flexibility index (Phi) is 4.98. The molecule has 0 radical (unpaired) electrons. The van der Waals surface area contributed by atoms with Gasteiger partial charge >= 0.3 is 0 Å². The van der Waals surface area contributed by atoms with Crippen LogP contribution in [-0.2, 0) is 17.8 Å². The number of fused-ring (bicyclic) bond motifs is 1. The molecule has 1 aromatic heterocycles. The number of aromatic nitrogens is 2. The molecule has 0 saturated carbocycles. The molecule has 3 heterocycles. The van der Waals surface area contributed by atoms with Crippen molar-refractivity contribution in [2.45, 2.75) is 44.6 Å². The Labute approximate surface area is 154 Å². The molecule has 1 N–H and O–H groups in total. The molecule has 1 aromatic carbocycles. The molecule has 4 rings (SSSR count). The zero-order valence-electron chi connectivity index (χ0n) is 15.3. The van der Waals surface area contributed by atoms with Gasteiger partial charge in [0.05, 0.1) is 5.92 Å². The van der Waals surface area contributed by atoms with Gasteiger partial charge in [-0.1, -0.05) is 30.3 Å². The Morgan fingerprint density at radius 3 is 2.77 bits per heavy atom. The summed E-state index contributed by atoms with van der Waals surface area (Å²) < 4.78 is 0. The largest absolute Gasteiger partial charge is 0.342 e. The van der Waals surface area contributed by atoms with Crippen molar-refractivity contribution in [2.24, 2.45) is 0 Å². The third kappa shape index (κ3) is 3.49. The highest BCUT2D eigenvalue weighted by molar-refractivity contribution is 5.83. The summed E-state index contributed by atoms with van der Waals surface area (Å²) in [7, 11) is 0. The van der Waals surface area contributed by atoms with Gasteiger partial charge in [0.25, 0.3) is 0 Å². The van der Waals surface area contributed by atoms with Gasteiger partial charge in [0, 0.05) is 56.0 Å². The number of carbonyl (C=O) groups excluding carboxylic acids is 1. The molecular weight excluding hydrogens is 324 g/mol. The molecule has 0 bridgehead atoms. The maximum absolute atomic E-state index is 12.8. The Morgan fingerprint density at radius 2 is 2.00 bits per heavy atom. The van der Waals surface area contributed by atoms with Crippen molar-refractivity contribution in [2.75, 3.05) is 19.6 Å². The molecule has 136 valence electrons. The number of piperidine rings is 1. The maximum atomic E-state index is 12.8. The van der Waals surface area contributed by atoms with Crippen molar-refractivity contribution in [1.29, 1.82) is 0 Å². The van der Waals surface area contributed by atoms with E-state index >= 15 is 0 Å². The highest BCUT2D eigenvalue weighted by Gasteiger charge is 2.29. The molecule has 2 aromatic rings. The lowest BCUT2D eigenvalue weighted by molar-refractivity contribution is -0.133. The van der Waals surface area contributed by atoms with Gasteiger partial charge in [0.15, 0.2) is 0 Å². The molecule has 1 saturated heterocycles. The Hall–Kier alpha value is -2.27. The first-order valence-corrected chi connectivity index (χ1v) is 9.61. The summed E-state index contributed by atoms with van der Waals surface area (Å²) in [5, 5.41) is 3.36. The summed E-state index contributed by atoms with van der Waals surface area (Å²) in [6.45, 7) is 5.46. The van der Waals surface area contributed by atoms with E-state index in [1.165, 1.54) is 11.3 Å². The third-order valence-electron chi connectivity index (χ3n) is 5.67. The second-order valence-electron chi connectivity index (χ2n) is 7.36. The maximum Gasteiger partial charge on any atom is 0.229 e. The molecule has 2 aliphatic heterocycles. The van der Waals surface area contributed by atoms with E-state index in [0.717, 1.165) is 56.8 Å². The van der Waals surface area contributed by atoms with Crippen molar-refractivity contribution in [1.82, 2.24) is 20.2 Å². The van der Waals surface area contributed by atoms with Crippen molar-refractivity contribution < 1.29 is 4.79 Å². The number of nitrogens with zero attached hydrogens (tertiary/aromatic N) is 3. The monoisotopic (exact) mass is 350 g/mol. The van der Waals surface area contributed by atoms with Crippen molar-refractivity contribution >= 4 is 5.91 Å². The number of hydrogen-bond acceptors (Lipinski definition) is 4. The van der Waals surface area contributed by atoms with E-state index in [1.807, 2.05) is 48.4 Å². The van der Waals surface area contributed by atoms with Crippen LogP contribution in [0.4, 0.5) is 0 Å². The van der Waals surface area contributed by atoms with Gasteiger partial charge < -0.3 is 10.2 Å². The van der Waals surface area contributed by atoms with Crippen LogP contribution >= 0.6 is 0 Å². The van der Waals surface area contributed by atoms with Crippen LogP contribution in [0.15, 0.2) is 36.5 Å². The van der Waals surface area contributed by atoms with Crippen molar-refractivity contribution in [3.63, 3.8) is 0 Å². The minimum absolute atomic E-state index is 0.0831. The number of likely N-dealkylation sites (tertiary alicyclic amines) is 1. The van der Waals surface area contributed by atoms with E-state index in [0.29, 0.717) is 5.92 Å². The number of carbonyl (C=O) groups is 1. The highest BCUT2D eigenvalue weighted by Crippen LogP contribution is 2.28. The number of rotatable bonds is 3. The summed E-state index contributed by atoms with van der Waals surface area (Å²) in [5.74, 6) is 1.48. The lowest BCUT2D eigenvalue weighted by atomic mass is 9.93. The van der Waals surface area contributed by atoms with Crippen LogP contribution in [0.1, 0.15) is 54.2 Å². The molecule has 0 spiro atoms. The second kappa shape index (κ2) is 7.54. The first-order valence-electron chi connectivity index (χ1n) is 9.61. The zero-order chi connectivity index (χ0) is 17.9. The number of amides is 1. The summed E-state index contributed by atoms with van der Waals surface area (Å²) >= 11 is 0. The van der Waals surface area contributed by atoms with Crippen LogP contribution in [-0.4, -0.2) is 40.4 Å². The predicted octanol–water partition coefficient (Wildman–Crippen LogP) is 2.63. The minimum atomic E-state index is -0.0831. The fourth-order valence-corrected chi connectivity index (χ4v) is 3.96. The van der Waals surface area contributed by atoms with Crippen LogP contribution in [0.5, 0.6) is 0 Å². The van der Waals surface area contributed by atoms with Gasteiger partial charge in [0.2, 0.25) is 5.91 Å². The average Bonchev–Trinajstić information content (AvgIpc) is 2.73. The SMILES string of the molecule is C[C@@H](C(=O)N1CCC(c2ncc3c(n2)CCNC3)CC1)c1ccccc1. The summed E-state index contributed by atoms with van der Waals surface area (Å²) in [4.78, 5) is 24.3. The van der Waals surface area contributed by atoms with Crippen LogP contribution in [0.3, 0.4) is 0 Å². The first-order chi connectivity index (χ1) is 12.7. The quantitative estimate of drug-likeness (QED) is 0.924. The van der Waals surface area contributed by atoms with Gasteiger partial charge in [-0.05, 0) is 25.3 Å². The normalized spacial score (nSPS) is 19.0. The molecule has 1 fully saturated rings. The average molecular weight is 350 g/mol. The molecular formula is C21H26N4O. The molecule has 1 atom stereocenters. The minimum Gasteiger partial charge on any atom is -0.342 e. The molecule has 26 heavy (non-hydrogen) atoms. The summed E-state index contributed by atoms with van der Waals surface area (Å²) in [5.41, 5.74) is 3.51. The van der Waals surface area contributed by atoms with Crippen LogP contribution < -0.4 is 5.32 Å². The Bertz CT molecular complexity index is 769. The molecule has 5 heteroatoms. The van der Waals surface area contributed by atoms with Crippen LogP contribution in [0.2, 0.25) is 0 Å². The molecule has 1 amide bonds. The van der Waals surface area contributed by atoms with E-state index in [9.17, 15) is 4.79 Å². The highest BCUT2D eigenvalue weighted by atomic mass is 16.2. The van der Waals surface area contributed by atoms with E-state index in [2.05, 4.69) is 10.3 Å². The van der Waals surface area contributed by atoms with Gasteiger partial charge in [-0.25, -0.2) is 9.97 Å². The van der Waals surface area contributed by atoms with E-state index in [4.69, 9.17) is 4.98 Å². The molecule has 0 aliphatic carbocycles. The van der Waals surface area contributed by atoms with E-state index in [1.54, 1.807) is 0 Å². The zero-order valence-corrected chi connectivity index (χ0v) is 15.3. The lowest BCUT2D eigenvalue weighted by Crippen LogP contribution is -2.40. The number of nitrogens with one attached hydrogen (secondary N) is 1. The lowest BCUT2D eigenvalue weighted by Gasteiger charge is -2.33. The van der Waals surface area contributed by atoms with Crippen molar-refractivity contribution in [3.05, 3.63) is 59.2 Å². The Balaban J connectivity index is 1.39. The molecule has 5 nitrogen and oxygen atoms in total. The van der Waals surface area contributed by atoms with Gasteiger partial charge in [-0.15, -0.1) is 0 Å². The van der Waals surface area contributed by atoms with Crippen molar-refractivity contribution in [3.8, 4) is 0 Å². The smallest absolute Gasteiger partial charge is 0.229 e. The summed E-state index contributed by atoms with van der Waals surface area (Å²) in [6.07, 6.45) is 4.87. The fourth-order valence-electron chi connectivity index (χ4n) is 3.96. The standard InChI is InChI=1S/C21H26N4O/c1-15(16-5-3-2-4-6-16)21(26)25-11-8-17(9-12-25)20-23-14-18-13-22-10-7-19(18)24-20/h2-6,14-15,17,22H,7-13H2,1H3/t15-/m1/s1. The topological polar surface area (TPSA) is 58.1 Å². The van der Waals surface area contributed by atoms with E-state index in [-0.39, 0.29) is 11.8 Å². The third-order valence-corrected chi connectivity index (χ3v) is 5.67. The van der Waals surface area contributed by atoms with Crippen LogP contribution in [0, 0.1) is 0 Å². The molecule has 0 unspecified atom stereocenters. The fraction of sp³-hybridized carbons (Fsp3) is 0.476. The predicted molar refractivity (Wildman–Crippen MR) is 101 cm³/mol. The number of benzene rings is 1. The van der Waals surface area contributed by atoms with Crippen LogP contribution in [0.25, 0.3) is 0 Å². The summed E-state index contributed by atoms with van der Waals surface area (Å²) in [6, 6.07) is 10.0. The van der Waals surface area contributed by atoms with Gasteiger partial charge in [-0.2, -0.15) is 0 Å².